The maximum Gasteiger partial charge on any atom is 0.279 e. The lowest BCUT2D eigenvalue weighted by Gasteiger charge is -2.29. The van der Waals surface area contributed by atoms with Crippen LogP contribution in [0.2, 0.25) is 10.0 Å². The largest absolute Gasteiger partial charge is 0.306 e. The Balaban J connectivity index is 2.41. The van der Waals surface area contributed by atoms with Gasteiger partial charge >= 0.3 is 0 Å². The number of nitrogens with zero attached hydrogens (tertiary/aromatic N) is 3. The number of nitriles is 1. The zero-order chi connectivity index (χ0) is 17.1. The van der Waals surface area contributed by atoms with Crippen LogP contribution in [0.5, 0.6) is 0 Å². The summed E-state index contributed by atoms with van der Waals surface area (Å²) in [7, 11) is 0. The molecule has 1 aliphatic heterocycles. The summed E-state index contributed by atoms with van der Waals surface area (Å²) in [5, 5.41) is 14.2. The molecular weight excluding hydrogens is 335 g/mol. The topological polar surface area (TPSA) is 68.5 Å². The number of hydrazone groups is 1. The number of allylic oxidation sites excluding steroid dienone is 1. The SMILES string of the molecule is C=C1C(C#N)=C(C)C(=NNc2ccc(Cl)c(Cl)c2)C(=O)N1CC. The Morgan fingerprint density at radius 3 is 2.65 bits per heavy atom. The van der Waals surface area contributed by atoms with E-state index in [0.717, 1.165) is 0 Å². The Labute approximate surface area is 144 Å². The summed E-state index contributed by atoms with van der Waals surface area (Å²) in [4.78, 5) is 13.9. The van der Waals surface area contributed by atoms with Crippen molar-refractivity contribution in [3.05, 3.63) is 51.7 Å². The van der Waals surface area contributed by atoms with E-state index in [1.807, 2.05) is 6.92 Å². The van der Waals surface area contributed by atoms with Gasteiger partial charge in [-0.05, 0) is 32.0 Å². The van der Waals surface area contributed by atoms with Gasteiger partial charge in [0.15, 0.2) is 5.71 Å². The normalized spacial score (nSPS) is 16.8. The number of anilines is 1. The van der Waals surface area contributed by atoms with Gasteiger partial charge in [-0.15, -0.1) is 0 Å². The number of hydrogen-bond donors (Lipinski definition) is 1. The second-order valence-corrected chi connectivity index (χ2v) is 5.62. The molecule has 0 aromatic heterocycles. The van der Waals surface area contributed by atoms with E-state index in [1.165, 1.54) is 4.90 Å². The van der Waals surface area contributed by atoms with E-state index in [0.29, 0.717) is 39.1 Å². The quantitative estimate of drug-likeness (QED) is 0.840. The van der Waals surface area contributed by atoms with Crippen molar-refractivity contribution < 1.29 is 4.79 Å². The highest BCUT2D eigenvalue weighted by Crippen LogP contribution is 2.27. The molecule has 23 heavy (non-hydrogen) atoms. The van der Waals surface area contributed by atoms with Crippen LogP contribution in [-0.4, -0.2) is 23.1 Å². The van der Waals surface area contributed by atoms with Crippen molar-refractivity contribution >= 4 is 40.5 Å². The van der Waals surface area contributed by atoms with Crippen LogP contribution in [0.3, 0.4) is 0 Å². The average Bonchev–Trinajstić information content (AvgIpc) is 2.51. The average molecular weight is 349 g/mol. The summed E-state index contributed by atoms with van der Waals surface area (Å²) in [5.74, 6) is -0.304. The molecule has 0 saturated carbocycles. The number of benzene rings is 1. The fourth-order valence-corrected chi connectivity index (χ4v) is 2.48. The summed E-state index contributed by atoms with van der Waals surface area (Å²) in [5.41, 5.74) is 4.75. The Morgan fingerprint density at radius 1 is 1.39 bits per heavy atom. The highest BCUT2D eigenvalue weighted by atomic mass is 35.5. The lowest BCUT2D eigenvalue weighted by atomic mass is 9.97. The first-order valence-corrected chi connectivity index (χ1v) is 7.57. The summed E-state index contributed by atoms with van der Waals surface area (Å²) in [6, 6.07) is 6.98. The predicted octanol–water partition coefficient (Wildman–Crippen LogP) is 3.98. The van der Waals surface area contributed by atoms with Crippen LogP contribution in [0.25, 0.3) is 0 Å². The van der Waals surface area contributed by atoms with Gasteiger partial charge in [0.25, 0.3) is 5.91 Å². The van der Waals surface area contributed by atoms with E-state index in [1.54, 1.807) is 25.1 Å². The van der Waals surface area contributed by atoms with E-state index in [-0.39, 0.29) is 11.6 Å². The van der Waals surface area contributed by atoms with Crippen LogP contribution in [0.4, 0.5) is 5.69 Å². The van der Waals surface area contributed by atoms with Crippen molar-refractivity contribution in [2.24, 2.45) is 5.10 Å². The predicted molar refractivity (Wildman–Crippen MR) is 92.4 cm³/mol. The Bertz CT molecular complexity index is 790. The van der Waals surface area contributed by atoms with E-state index < -0.39 is 0 Å². The van der Waals surface area contributed by atoms with Crippen LogP contribution in [0, 0.1) is 11.3 Å². The summed E-state index contributed by atoms with van der Waals surface area (Å²) < 4.78 is 0. The molecule has 1 N–H and O–H groups in total. The van der Waals surface area contributed by atoms with Crippen LogP contribution < -0.4 is 5.43 Å². The minimum atomic E-state index is -0.304. The van der Waals surface area contributed by atoms with E-state index in [9.17, 15) is 10.1 Å². The monoisotopic (exact) mass is 348 g/mol. The molecule has 0 spiro atoms. The van der Waals surface area contributed by atoms with E-state index in [4.69, 9.17) is 23.2 Å². The minimum absolute atomic E-state index is 0.168. The van der Waals surface area contributed by atoms with E-state index >= 15 is 0 Å². The van der Waals surface area contributed by atoms with Crippen molar-refractivity contribution in [3.8, 4) is 6.07 Å². The van der Waals surface area contributed by atoms with Crippen molar-refractivity contribution in [1.82, 2.24) is 4.90 Å². The number of hydrogen-bond acceptors (Lipinski definition) is 4. The van der Waals surface area contributed by atoms with Gasteiger partial charge in [-0.1, -0.05) is 29.8 Å². The number of amides is 1. The third-order valence-electron chi connectivity index (χ3n) is 3.44. The van der Waals surface area contributed by atoms with Crippen LogP contribution in [0.1, 0.15) is 13.8 Å². The molecule has 7 heteroatoms. The fourth-order valence-electron chi connectivity index (χ4n) is 2.18. The summed E-state index contributed by atoms with van der Waals surface area (Å²) in [6.45, 7) is 7.69. The molecule has 0 unspecified atom stereocenters. The second-order valence-electron chi connectivity index (χ2n) is 4.81. The fraction of sp³-hybridized carbons (Fsp3) is 0.188. The van der Waals surface area contributed by atoms with Crippen LogP contribution >= 0.6 is 23.2 Å². The molecule has 1 aromatic carbocycles. The Hall–Kier alpha value is -2.29. The lowest BCUT2D eigenvalue weighted by Crippen LogP contribution is -2.41. The molecule has 1 heterocycles. The number of halogens is 2. The molecule has 0 bridgehead atoms. The van der Waals surface area contributed by atoms with Gasteiger partial charge in [-0.2, -0.15) is 10.4 Å². The van der Waals surface area contributed by atoms with Gasteiger partial charge in [0.2, 0.25) is 0 Å². The molecule has 0 saturated heterocycles. The van der Waals surface area contributed by atoms with Gasteiger partial charge < -0.3 is 4.90 Å². The molecule has 2 rings (SSSR count). The molecule has 118 valence electrons. The number of nitrogens with one attached hydrogen (secondary N) is 1. The Morgan fingerprint density at radius 2 is 2.09 bits per heavy atom. The Kier molecular flexibility index (Phi) is 5.09. The maximum absolute atomic E-state index is 12.5. The third-order valence-corrected chi connectivity index (χ3v) is 4.18. The molecule has 0 radical (unpaired) electrons. The standard InChI is InChI=1S/C16H14Cl2N4O/c1-4-22-10(3)12(8-19)9(2)15(16(22)23)21-20-11-5-6-13(17)14(18)7-11/h5-7,20H,3-4H2,1-2H3. The first-order valence-electron chi connectivity index (χ1n) is 6.82. The highest BCUT2D eigenvalue weighted by molar-refractivity contribution is 6.47. The van der Waals surface area contributed by atoms with Gasteiger partial charge in [-0.25, -0.2) is 0 Å². The smallest absolute Gasteiger partial charge is 0.279 e. The van der Waals surface area contributed by atoms with Crippen molar-refractivity contribution in [2.45, 2.75) is 13.8 Å². The molecule has 5 nitrogen and oxygen atoms in total. The molecule has 0 aliphatic carbocycles. The van der Waals surface area contributed by atoms with Gasteiger partial charge in [0.1, 0.15) is 6.07 Å². The third kappa shape index (κ3) is 3.24. The molecule has 1 amide bonds. The molecular formula is C16H14Cl2N4O. The number of carbonyl (C=O) groups is 1. The van der Waals surface area contributed by atoms with E-state index in [2.05, 4.69) is 23.2 Å². The van der Waals surface area contributed by atoms with Gasteiger partial charge in [0.05, 0.1) is 27.0 Å². The minimum Gasteiger partial charge on any atom is -0.306 e. The number of likely N-dealkylation sites (N-methyl/N-ethyl adjacent to an activating group) is 1. The molecule has 0 atom stereocenters. The van der Waals surface area contributed by atoms with Crippen molar-refractivity contribution in [2.75, 3.05) is 12.0 Å². The van der Waals surface area contributed by atoms with Crippen molar-refractivity contribution in [1.29, 1.82) is 5.26 Å². The van der Waals surface area contributed by atoms with Crippen LogP contribution in [-0.2, 0) is 4.79 Å². The second kappa shape index (κ2) is 6.86. The van der Waals surface area contributed by atoms with Gasteiger partial charge in [-0.3, -0.25) is 10.2 Å². The zero-order valence-electron chi connectivity index (χ0n) is 12.7. The maximum atomic E-state index is 12.5. The summed E-state index contributed by atoms with van der Waals surface area (Å²) in [6.07, 6.45) is 0. The number of carbonyl (C=O) groups excluding carboxylic acids is 1. The lowest BCUT2D eigenvalue weighted by molar-refractivity contribution is -0.122. The zero-order valence-corrected chi connectivity index (χ0v) is 14.2. The van der Waals surface area contributed by atoms with Crippen LogP contribution in [0.15, 0.2) is 46.7 Å². The molecule has 1 aromatic rings. The first-order chi connectivity index (χ1) is 10.9. The highest BCUT2D eigenvalue weighted by Gasteiger charge is 2.31. The molecule has 1 aliphatic rings. The van der Waals surface area contributed by atoms with Gasteiger partial charge in [0, 0.05) is 12.1 Å². The first kappa shape index (κ1) is 17.1. The molecule has 0 fully saturated rings. The van der Waals surface area contributed by atoms with Crippen molar-refractivity contribution in [3.63, 3.8) is 0 Å². The number of rotatable bonds is 3. The summed E-state index contributed by atoms with van der Waals surface area (Å²) >= 11 is 11.8.